The Kier molecular flexibility index (Phi) is 8.25. The van der Waals surface area contributed by atoms with Gasteiger partial charge in [-0.25, -0.2) is 9.59 Å². The van der Waals surface area contributed by atoms with E-state index in [0.29, 0.717) is 6.61 Å². The summed E-state index contributed by atoms with van der Waals surface area (Å²) in [6.07, 6.45) is 11.0. The predicted octanol–water partition coefficient (Wildman–Crippen LogP) is 8.08. The van der Waals surface area contributed by atoms with E-state index in [1.54, 1.807) is 6.08 Å². The fourth-order valence-corrected chi connectivity index (χ4v) is 7.35. The molecule has 0 N–H and O–H groups in total. The van der Waals surface area contributed by atoms with E-state index in [4.69, 9.17) is 18.9 Å². The number of rotatable bonds is 9. The van der Waals surface area contributed by atoms with Crippen LogP contribution in [0.5, 0.6) is 5.75 Å². The first-order chi connectivity index (χ1) is 19.1. The summed E-state index contributed by atoms with van der Waals surface area (Å²) < 4.78 is 21.7. The molecule has 6 heteroatoms. The first kappa shape index (κ1) is 28.3. The molecule has 0 spiro atoms. The lowest BCUT2D eigenvalue weighted by Gasteiger charge is -2.57. The van der Waals surface area contributed by atoms with Gasteiger partial charge in [0.1, 0.15) is 11.4 Å². The van der Waals surface area contributed by atoms with Crippen molar-refractivity contribution in [2.24, 2.45) is 17.8 Å². The number of carbonyl (C=O) groups excluding carboxylic acids is 2. The molecule has 0 atom stereocenters. The molecule has 6 nitrogen and oxygen atoms in total. The van der Waals surface area contributed by atoms with Gasteiger partial charge in [-0.05, 0) is 124 Å². The van der Waals surface area contributed by atoms with Gasteiger partial charge in [-0.15, -0.1) is 0 Å². The van der Waals surface area contributed by atoms with Crippen LogP contribution in [0.3, 0.4) is 0 Å². The predicted molar refractivity (Wildman–Crippen MR) is 155 cm³/mol. The summed E-state index contributed by atoms with van der Waals surface area (Å²) in [4.78, 5) is 23.9. The summed E-state index contributed by atoms with van der Waals surface area (Å²) in [5, 5.41) is 0. The maximum Gasteiger partial charge on any atom is 0.511 e. The van der Waals surface area contributed by atoms with Crippen molar-refractivity contribution in [3.8, 4) is 16.9 Å². The number of esters is 1. The van der Waals surface area contributed by atoms with E-state index in [-0.39, 0.29) is 18.2 Å². The number of ether oxygens (including phenoxy) is 4. The summed E-state index contributed by atoms with van der Waals surface area (Å²) in [5.41, 5.74) is 4.00. The molecule has 4 saturated carbocycles. The summed E-state index contributed by atoms with van der Waals surface area (Å²) in [5.74, 6) is 2.82. The van der Waals surface area contributed by atoms with Crippen LogP contribution in [-0.4, -0.2) is 31.1 Å². The zero-order chi connectivity index (χ0) is 28.3. The normalized spacial score (nSPS) is 25.1. The van der Waals surface area contributed by atoms with E-state index in [1.165, 1.54) is 50.2 Å². The minimum Gasteiger partial charge on any atom is -0.457 e. The van der Waals surface area contributed by atoms with Gasteiger partial charge in [-0.2, -0.15) is 0 Å². The van der Waals surface area contributed by atoms with Crippen molar-refractivity contribution < 1.29 is 28.5 Å². The molecule has 214 valence electrons. The fourth-order valence-electron chi connectivity index (χ4n) is 7.35. The first-order valence-electron chi connectivity index (χ1n) is 14.7. The Labute approximate surface area is 238 Å². The smallest absolute Gasteiger partial charge is 0.457 e. The topological polar surface area (TPSA) is 71.1 Å². The van der Waals surface area contributed by atoms with Crippen molar-refractivity contribution >= 4 is 18.2 Å². The summed E-state index contributed by atoms with van der Waals surface area (Å²) >= 11 is 0. The van der Waals surface area contributed by atoms with Crippen molar-refractivity contribution in [3.63, 3.8) is 0 Å². The molecule has 40 heavy (non-hydrogen) atoms. The molecule has 0 saturated heterocycles. The lowest BCUT2D eigenvalue weighted by molar-refractivity contribution is -0.148. The molecular formula is C34H42O6. The molecule has 0 unspecified atom stereocenters. The average molecular weight is 547 g/mol. The van der Waals surface area contributed by atoms with Gasteiger partial charge in [0.25, 0.3) is 0 Å². The number of carbonyl (C=O) groups is 2. The Morgan fingerprint density at radius 2 is 1.52 bits per heavy atom. The van der Waals surface area contributed by atoms with Crippen LogP contribution in [0.25, 0.3) is 17.2 Å². The van der Waals surface area contributed by atoms with Crippen LogP contribution in [0, 0.1) is 17.8 Å². The molecule has 4 fully saturated rings. The van der Waals surface area contributed by atoms with Crippen LogP contribution in [0.1, 0.15) is 83.8 Å². The van der Waals surface area contributed by atoms with E-state index in [1.807, 2.05) is 45.9 Å². The maximum absolute atomic E-state index is 12.1. The fraction of sp³-hybridized carbons (Fsp3) is 0.529. The molecule has 0 heterocycles. The Balaban J connectivity index is 1.37. The van der Waals surface area contributed by atoms with Crippen LogP contribution in [0.15, 0.2) is 48.5 Å². The van der Waals surface area contributed by atoms with E-state index >= 15 is 0 Å². The molecule has 0 aliphatic heterocycles. The van der Waals surface area contributed by atoms with Gasteiger partial charge in [0.2, 0.25) is 6.79 Å². The van der Waals surface area contributed by atoms with Gasteiger partial charge in [0, 0.05) is 11.6 Å². The molecule has 0 amide bonds. The van der Waals surface area contributed by atoms with Crippen molar-refractivity contribution in [2.45, 2.75) is 83.7 Å². The monoisotopic (exact) mass is 546 g/mol. The van der Waals surface area contributed by atoms with Crippen LogP contribution < -0.4 is 4.74 Å². The van der Waals surface area contributed by atoms with E-state index in [9.17, 15) is 9.59 Å². The number of benzene rings is 2. The third-order valence-corrected chi connectivity index (χ3v) is 8.47. The second kappa shape index (κ2) is 11.7. The van der Waals surface area contributed by atoms with Crippen molar-refractivity contribution in [1.82, 2.24) is 0 Å². The van der Waals surface area contributed by atoms with E-state index in [0.717, 1.165) is 46.6 Å². The highest BCUT2D eigenvalue weighted by Crippen LogP contribution is 2.62. The first-order valence-corrected chi connectivity index (χ1v) is 14.7. The molecule has 0 aromatic heterocycles. The second-order valence-corrected chi connectivity index (χ2v) is 12.9. The van der Waals surface area contributed by atoms with Crippen molar-refractivity contribution in [3.05, 3.63) is 59.7 Å². The third kappa shape index (κ3) is 6.71. The highest BCUT2D eigenvalue weighted by molar-refractivity contribution is 5.87. The van der Waals surface area contributed by atoms with E-state index < -0.39 is 11.8 Å². The second-order valence-electron chi connectivity index (χ2n) is 12.9. The highest BCUT2D eigenvalue weighted by Gasteiger charge is 2.52. The van der Waals surface area contributed by atoms with Gasteiger partial charge < -0.3 is 18.9 Å². The van der Waals surface area contributed by atoms with Crippen molar-refractivity contribution in [2.75, 3.05) is 13.4 Å². The third-order valence-electron chi connectivity index (χ3n) is 8.47. The van der Waals surface area contributed by atoms with Gasteiger partial charge in [0.15, 0.2) is 0 Å². The molecule has 4 aliphatic rings. The standard InChI is InChI=1S/C34H42O6/c1-5-14-37-32(36)39-22-38-30-12-11-28(18-29(30)34-19-24-15-25(20-34)17-26(16-24)21-34)27-9-6-23(7-10-27)8-13-31(35)40-33(2,3)4/h6-13,18,24-26H,5,14-17,19-22H2,1-4H3. The lowest BCUT2D eigenvalue weighted by atomic mass is 9.48. The Hall–Kier alpha value is -3.28. The molecule has 0 radical (unpaired) electrons. The molecule has 4 aliphatic carbocycles. The molecule has 2 aromatic carbocycles. The molecule has 2 aromatic rings. The Bertz CT molecular complexity index is 1200. The molecular weight excluding hydrogens is 504 g/mol. The Morgan fingerprint density at radius 3 is 2.12 bits per heavy atom. The largest absolute Gasteiger partial charge is 0.511 e. The zero-order valence-electron chi connectivity index (χ0n) is 24.2. The van der Waals surface area contributed by atoms with Crippen LogP contribution >= 0.6 is 0 Å². The Morgan fingerprint density at radius 1 is 0.900 bits per heavy atom. The van der Waals surface area contributed by atoms with Gasteiger partial charge in [-0.3, -0.25) is 0 Å². The SMILES string of the molecule is CCCOC(=O)OCOc1ccc(-c2ccc(C=CC(=O)OC(C)(C)C)cc2)cc1C12CC3CC(CC(C3)C1)C2. The zero-order valence-corrected chi connectivity index (χ0v) is 24.2. The van der Waals surface area contributed by atoms with Gasteiger partial charge in [0.05, 0.1) is 6.61 Å². The summed E-state index contributed by atoms with van der Waals surface area (Å²) in [7, 11) is 0. The van der Waals surface area contributed by atoms with E-state index in [2.05, 4.69) is 24.3 Å². The van der Waals surface area contributed by atoms with Crippen LogP contribution in [0.4, 0.5) is 4.79 Å². The van der Waals surface area contributed by atoms with Crippen LogP contribution in [0.2, 0.25) is 0 Å². The maximum atomic E-state index is 12.1. The average Bonchev–Trinajstić information content (AvgIpc) is 2.89. The molecule has 4 bridgehead atoms. The quantitative estimate of drug-likeness (QED) is 0.180. The highest BCUT2D eigenvalue weighted by atomic mass is 16.8. The number of hydrogen-bond donors (Lipinski definition) is 0. The molecule has 6 rings (SSSR count). The lowest BCUT2D eigenvalue weighted by Crippen LogP contribution is -2.48. The van der Waals surface area contributed by atoms with Gasteiger partial charge >= 0.3 is 12.1 Å². The van der Waals surface area contributed by atoms with Gasteiger partial charge in [-0.1, -0.05) is 37.3 Å². The summed E-state index contributed by atoms with van der Waals surface area (Å²) in [6.45, 7) is 7.68. The minimum atomic E-state index is -0.698. The summed E-state index contributed by atoms with van der Waals surface area (Å²) in [6, 6.07) is 14.6. The minimum absolute atomic E-state index is 0.110. The van der Waals surface area contributed by atoms with Crippen molar-refractivity contribution in [1.29, 1.82) is 0 Å². The van der Waals surface area contributed by atoms with Crippen LogP contribution in [-0.2, 0) is 24.4 Å². The number of hydrogen-bond acceptors (Lipinski definition) is 6.